The van der Waals surface area contributed by atoms with Gasteiger partial charge in [0.15, 0.2) is 5.54 Å². The summed E-state index contributed by atoms with van der Waals surface area (Å²) in [6.07, 6.45) is 0. The van der Waals surface area contributed by atoms with Crippen molar-refractivity contribution in [1.82, 2.24) is 10.2 Å². The zero-order valence-corrected chi connectivity index (χ0v) is 17.7. The lowest BCUT2D eigenvalue weighted by Crippen LogP contribution is -2.45. The summed E-state index contributed by atoms with van der Waals surface area (Å²) < 4.78 is 10.5. The van der Waals surface area contributed by atoms with Gasteiger partial charge < -0.3 is 14.8 Å². The van der Waals surface area contributed by atoms with Crippen molar-refractivity contribution < 1.29 is 19.1 Å². The molecule has 1 aliphatic rings. The standard InChI is InChI=1S/C25H24N2O4/c1-17-6-4-5-7-18(17)16-27-23(28)25(26-24(27)29,19-8-12-21(30-2)13-9-19)20-10-14-22(31-3)15-11-20/h4-15H,16H2,1-3H3,(H,26,29). The maximum atomic E-state index is 13.8. The molecule has 6 nitrogen and oxygen atoms in total. The number of hydrogen-bond donors (Lipinski definition) is 1. The summed E-state index contributed by atoms with van der Waals surface area (Å²) in [6.45, 7) is 2.17. The summed E-state index contributed by atoms with van der Waals surface area (Å²) in [6, 6.07) is 21.6. The second-order valence-corrected chi connectivity index (χ2v) is 7.45. The molecule has 1 heterocycles. The topological polar surface area (TPSA) is 67.9 Å². The van der Waals surface area contributed by atoms with Crippen LogP contribution in [0.1, 0.15) is 22.3 Å². The molecule has 1 fully saturated rings. The van der Waals surface area contributed by atoms with Gasteiger partial charge in [0.05, 0.1) is 20.8 Å². The molecule has 31 heavy (non-hydrogen) atoms. The molecule has 158 valence electrons. The van der Waals surface area contributed by atoms with Gasteiger partial charge in [-0.25, -0.2) is 4.79 Å². The summed E-state index contributed by atoms with van der Waals surface area (Å²) in [5, 5.41) is 2.97. The number of carbonyl (C=O) groups excluding carboxylic acids is 2. The first-order valence-electron chi connectivity index (χ1n) is 9.97. The molecule has 3 aromatic carbocycles. The van der Waals surface area contributed by atoms with E-state index in [4.69, 9.17) is 9.47 Å². The Morgan fingerprint density at radius 2 is 1.32 bits per heavy atom. The molecular weight excluding hydrogens is 392 g/mol. The van der Waals surface area contributed by atoms with Gasteiger partial charge in [0.1, 0.15) is 11.5 Å². The molecule has 3 amide bonds. The molecule has 0 saturated carbocycles. The van der Waals surface area contributed by atoms with E-state index in [1.165, 1.54) is 4.90 Å². The van der Waals surface area contributed by atoms with Gasteiger partial charge in [0.2, 0.25) is 0 Å². The molecule has 1 N–H and O–H groups in total. The predicted octanol–water partition coefficient (Wildman–Crippen LogP) is 4.01. The van der Waals surface area contributed by atoms with Crippen LogP contribution in [0.15, 0.2) is 72.8 Å². The van der Waals surface area contributed by atoms with E-state index in [0.29, 0.717) is 22.6 Å². The van der Waals surface area contributed by atoms with E-state index in [1.807, 2.05) is 31.2 Å². The Morgan fingerprint density at radius 3 is 1.81 bits per heavy atom. The number of rotatable bonds is 6. The van der Waals surface area contributed by atoms with Crippen molar-refractivity contribution in [2.45, 2.75) is 19.0 Å². The summed E-state index contributed by atoms with van der Waals surface area (Å²) in [5.41, 5.74) is 1.92. The number of amides is 3. The first-order valence-corrected chi connectivity index (χ1v) is 9.97. The number of nitrogens with one attached hydrogen (secondary N) is 1. The van der Waals surface area contributed by atoms with Crippen LogP contribution in [0.4, 0.5) is 4.79 Å². The molecule has 4 rings (SSSR count). The summed E-state index contributed by atoms with van der Waals surface area (Å²) >= 11 is 0. The van der Waals surface area contributed by atoms with E-state index in [-0.39, 0.29) is 12.5 Å². The van der Waals surface area contributed by atoms with Crippen molar-refractivity contribution in [2.24, 2.45) is 0 Å². The fraction of sp³-hybridized carbons (Fsp3) is 0.200. The largest absolute Gasteiger partial charge is 0.497 e. The van der Waals surface area contributed by atoms with Crippen LogP contribution in [0.25, 0.3) is 0 Å². The fourth-order valence-corrected chi connectivity index (χ4v) is 3.92. The smallest absolute Gasteiger partial charge is 0.325 e. The Labute approximate surface area is 181 Å². The number of nitrogens with zero attached hydrogens (tertiary/aromatic N) is 1. The molecule has 3 aromatic rings. The summed E-state index contributed by atoms with van der Waals surface area (Å²) in [7, 11) is 3.17. The third-order valence-corrected chi connectivity index (χ3v) is 5.74. The molecule has 0 bridgehead atoms. The van der Waals surface area contributed by atoms with Crippen LogP contribution in [-0.2, 0) is 16.9 Å². The van der Waals surface area contributed by atoms with Crippen LogP contribution in [0, 0.1) is 6.92 Å². The first kappa shape index (κ1) is 20.5. The molecule has 0 atom stereocenters. The molecule has 1 aliphatic heterocycles. The summed E-state index contributed by atoms with van der Waals surface area (Å²) in [4.78, 5) is 28.2. The Hall–Kier alpha value is -3.80. The minimum atomic E-state index is -1.34. The maximum absolute atomic E-state index is 13.8. The van der Waals surface area contributed by atoms with Gasteiger partial charge in [-0.3, -0.25) is 9.69 Å². The molecule has 0 aromatic heterocycles. The Balaban J connectivity index is 1.81. The zero-order chi connectivity index (χ0) is 22.0. The Kier molecular flexibility index (Phi) is 5.38. The molecule has 1 saturated heterocycles. The van der Waals surface area contributed by atoms with Gasteiger partial charge in [-0.15, -0.1) is 0 Å². The molecule has 0 aliphatic carbocycles. The molecule has 0 spiro atoms. The molecular formula is C25H24N2O4. The van der Waals surface area contributed by atoms with E-state index in [0.717, 1.165) is 11.1 Å². The maximum Gasteiger partial charge on any atom is 0.325 e. The van der Waals surface area contributed by atoms with Crippen LogP contribution in [-0.4, -0.2) is 31.1 Å². The highest BCUT2D eigenvalue weighted by molar-refractivity contribution is 6.09. The second kappa shape index (κ2) is 8.14. The summed E-state index contributed by atoms with van der Waals surface area (Å²) in [5.74, 6) is 1.01. The number of urea groups is 1. The SMILES string of the molecule is COc1ccc(C2(c3ccc(OC)cc3)NC(=O)N(Cc3ccccc3C)C2=O)cc1. The van der Waals surface area contributed by atoms with Gasteiger partial charge in [-0.2, -0.15) is 0 Å². The lowest BCUT2D eigenvalue weighted by Gasteiger charge is -2.28. The second-order valence-electron chi connectivity index (χ2n) is 7.45. The number of methoxy groups -OCH3 is 2. The number of carbonyl (C=O) groups is 2. The predicted molar refractivity (Wildman–Crippen MR) is 117 cm³/mol. The van der Waals surface area contributed by atoms with Crippen LogP contribution >= 0.6 is 0 Å². The van der Waals surface area contributed by atoms with E-state index in [2.05, 4.69) is 5.32 Å². The number of benzene rings is 3. The van der Waals surface area contributed by atoms with E-state index >= 15 is 0 Å². The van der Waals surface area contributed by atoms with Crippen LogP contribution in [0.3, 0.4) is 0 Å². The highest BCUT2D eigenvalue weighted by Gasteiger charge is 2.53. The van der Waals surface area contributed by atoms with Gasteiger partial charge in [0, 0.05) is 0 Å². The molecule has 0 radical (unpaired) electrons. The van der Waals surface area contributed by atoms with E-state index in [1.54, 1.807) is 62.8 Å². The fourth-order valence-electron chi connectivity index (χ4n) is 3.92. The van der Waals surface area contributed by atoms with Crippen molar-refractivity contribution in [1.29, 1.82) is 0 Å². The number of ether oxygens (including phenoxy) is 2. The zero-order valence-electron chi connectivity index (χ0n) is 17.7. The minimum absolute atomic E-state index is 0.200. The monoisotopic (exact) mass is 416 g/mol. The van der Waals surface area contributed by atoms with Crippen molar-refractivity contribution in [3.63, 3.8) is 0 Å². The average Bonchev–Trinajstić information content (AvgIpc) is 3.06. The third-order valence-electron chi connectivity index (χ3n) is 5.74. The van der Waals surface area contributed by atoms with Gasteiger partial charge in [0.25, 0.3) is 5.91 Å². The van der Waals surface area contributed by atoms with Crippen LogP contribution in [0.5, 0.6) is 11.5 Å². The minimum Gasteiger partial charge on any atom is -0.497 e. The van der Waals surface area contributed by atoms with Gasteiger partial charge >= 0.3 is 6.03 Å². The van der Waals surface area contributed by atoms with Gasteiger partial charge in [-0.1, -0.05) is 48.5 Å². The quantitative estimate of drug-likeness (QED) is 0.617. The Morgan fingerprint density at radius 1 is 0.806 bits per heavy atom. The average molecular weight is 416 g/mol. The number of hydrogen-bond acceptors (Lipinski definition) is 4. The third kappa shape index (κ3) is 3.50. The number of aryl methyl sites for hydroxylation is 1. The van der Waals surface area contributed by atoms with Gasteiger partial charge in [-0.05, 0) is 53.4 Å². The van der Waals surface area contributed by atoms with E-state index in [9.17, 15) is 9.59 Å². The van der Waals surface area contributed by atoms with Crippen molar-refractivity contribution in [2.75, 3.05) is 14.2 Å². The lowest BCUT2D eigenvalue weighted by molar-refractivity contribution is -0.130. The molecule has 0 unspecified atom stereocenters. The normalized spacial score (nSPS) is 15.0. The highest BCUT2D eigenvalue weighted by atomic mass is 16.5. The number of imide groups is 1. The lowest BCUT2D eigenvalue weighted by atomic mass is 9.82. The van der Waals surface area contributed by atoms with Crippen LogP contribution < -0.4 is 14.8 Å². The van der Waals surface area contributed by atoms with E-state index < -0.39 is 11.6 Å². The first-order chi connectivity index (χ1) is 15.0. The highest BCUT2D eigenvalue weighted by Crippen LogP contribution is 2.38. The van der Waals surface area contributed by atoms with Crippen molar-refractivity contribution >= 4 is 11.9 Å². The van der Waals surface area contributed by atoms with Crippen LogP contribution in [0.2, 0.25) is 0 Å². The van der Waals surface area contributed by atoms with Crippen molar-refractivity contribution in [3.8, 4) is 11.5 Å². The molecule has 6 heteroatoms. The van der Waals surface area contributed by atoms with Crippen molar-refractivity contribution in [3.05, 3.63) is 95.1 Å². The Bertz CT molecular complexity index is 1060.